The van der Waals surface area contributed by atoms with Crippen molar-refractivity contribution in [1.82, 2.24) is 4.98 Å². The summed E-state index contributed by atoms with van der Waals surface area (Å²) in [4.78, 5) is 8.01. The number of nitrogens with one attached hydrogen (secondary N) is 1. The van der Waals surface area contributed by atoms with Crippen molar-refractivity contribution < 1.29 is 18.4 Å². The van der Waals surface area contributed by atoms with Crippen LogP contribution in [-0.2, 0) is 13.7 Å². The van der Waals surface area contributed by atoms with Crippen LogP contribution in [0.1, 0.15) is 12.1 Å². The largest absolute Gasteiger partial charge is 0.493 e. The van der Waals surface area contributed by atoms with Crippen molar-refractivity contribution in [3.8, 4) is 5.75 Å². The number of nitrogens with zero attached hydrogens (tertiary/aromatic N) is 1. The molecule has 3 rings (SSSR count). The zero-order valence-corrected chi connectivity index (χ0v) is 17.3. The molecule has 0 spiro atoms. The van der Waals surface area contributed by atoms with Gasteiger partial charge in [0.2, 0.25) is 0 Å². The van der Waals surface area contributed by atoms with E-state index in [1.54, 1.807) is 33.1 Å². The maximum absolute atomic E-state index is 6.22. The van der Waals surface area contributed by atoms with Gasteiger partial charge < -0.3 is 29.1 Å². The van der Waals surface area contributed by atoms with Crippen LogP contribution in [0, 0.1) is 0 Å². The zero-order valence-electron chi connectivity index (χ0n) is 15.7. The first-order valence-electron chi connectivity index (χ1n) is 8.64. The molecule has 0 bridgehead atoms. The number of ether oxygens (including phenoxy) is 3. The number of nitrogen functional groups attached to an aromatic ring is 1. The molecule has 2 heterocycles. The maximum atomic E-state index is 6.22. The highest BCUT2D eigenvalue weighted by Crippen LogP contribution is 2.33. The summed E-state index contributed by atoms with van der Waals surface area (Å²) >= 11 is 3.08. The van der Waals surface area contributed by atoms with E-state index < -0.39 is 0 Å². The molecule has 1 aromatic heterocycles. The van der Waals surface area contributed by atoms with Crippen molar-refractivity contribution in [3.05, 3.63) is 23.9 Å². The third-order valence-electron chi connectivity index (χ3n) is 4.17. The SMILES string of the molecule is COSCCCOc1cc(N)c2[nH]c(C3=NCC(C(OC)OC)S3)cc2c1. The fourth-order valence-corrected chi connectivity index (χ4v) is 4.47. The summed E-state index contributed by atoms with van der Waals surface area (Å²) in [7, 11) is 4.96. The topological polar surface area (TPSA) is 91.1 Å². The Hall–Kier alpha value is -1.39. The van der Waals surface area contributed by atoms with E-state index in [4.69, 9.17) is 24.1 Å². The lowest BCUT2D eigenvalue weighted by atomic mass is 10.2. The first kappa shape index (κ1) is 20.3. The molecule has 0 radical (unpaired) electrons. The number of methoxy groups -OCH3 is 2. The van der Waals surface area contributed by atoms with Gasteiger partial charge in [-0.2, -0.15) is 0 Å². The van der Waals surface area contributed by atoms with Crippen LogP contribution >= 0.6 is 23.8 Å². The van der Waals surface area contributed by atoms with E-state index in [2.05, 4.69) is 16.0 Å². The van der Waals surface area contributed by atoms with Crippen LogP contribution < -0.4 is 10.5 Å². The van der Waals surface area contributed by atoms with Gasteiger partial charge in [0.05, 0.1) is 42.4 Å². The van der Waals surface area contributed by atoms with Gasteiger partial charge in [0, 0.05) is 31.4 Å². The second-order valence-electron chi connectivity index (χ2n) is 5.99. The van der Waals surface area contributed by atoms with Crippen LogP contribution in [0.2, 0.25) is 0 Å². The fourth-order valence-electron chi connectivity index (χ4n) is 2.91. The first-order valence-corrected chi connectivity index (χ1v) is 10.4. The number of aromatic nitrogens is 1. The summed E-state index contributed by atoms with van der Waals surface area (Å²) in [6.45, 7) is 1.28. The Morgan fingerprint density at radius 2 is 2.11 bits per heavy atom. The van der Waals surface area contributed by atoms with Gasteiger partial charge in [-0.15, -0.1) is 0 Å². The van der Waals surface area contributed by atoms with Gasteiger partial charge in [0.1, 0.15) is 10.8 Å². The molecule has 1 aliphatic rings. The maximum Gasteiger partial charge on any atom is 0.170 e. The van der Waals surface area contributed by atoms with Crippen molar-refractivity contribution in [2.45, 2.75) is 18.0 Å². The van der Waals surface area contributed by atoms with Crippen LogP contribution in [-0.4, -0.2) is 61.8 Å². The average molecular weight is 412 g/mol. The Morgan fingerprint density at radius 3 is 2.85 bits per heavy atom. The molecular formula is C18H25N3O4S2. The highest BCUT2D eigenvalue weighted by Gasteiger charge is 2.29. The number of aromatic amines is 1. The molecule has 0 aliphatic carbocycles. The highest BCUT2D eigenvalue weighted by atomic mass is 32.2. The first-order chi connectivity index (χ1) is 13.2. The minimum Gasteiger partial charge on any atom is -0.493 e. The Balaban J connectivity index is 1.69. The van der Waals surface area contributed by atoms with Crippen LogP contribution in [0.3, 0.4) is 0 Å². The van der Waals surface area contributed by atoms with E-state index in [1.807, 2.05) is 12.1 Å². The lowest BCUT2D eigenvalue weighted by Crippen LogP contribution is -2.28. The minimum absolute atomic E-state index is 0.141. The molecule has 0 saturated heterocycles. The molecule has 0 saturated carbocycles. The number of thioether (sulfide) groups is 1. The molecule has 9 heteroatoms. The molecule has 148 valence electrons. The second-order valence-corrected chi connectivity index (χ2v) is 8.20. The third kappa shape index (κ3) is 4.91. The molecule has 2 aromatic rings. The van der Waals surface area contributed by atoms with Crippen molar-refractivity contribution in [2.75, 3.05) is 46.0 Å². The number of hydrogen-bond donors (Lipinski definition) is 2. The van der Waals surface area contributed by atoms with Gasteiger partial charge in [-0.1, -0.05) is 11.8 Å². The summed E-state index contributed by atoms with van der Waals surface area (Å²) < 4.78 is 21.5. The molecule has 27 heavy (non-hydrogen) atoms. The van der Waals surface area contributed by atoms with E-state index in [-0.39, 0.29) is 11.5 Å². The Morgan fingerprint density at radius 1 is 1.30 bits per heavy atom. The van der Waals surface area contributed by atoms with Gasteiger partial charge in [-0.25, -0.2) is 0 Å². The van der Waals surface area contributed by atoms with E-state index >= 15 is 0 Å². The Labute approximate surface area is 167 Å². The Kier molecular flexibility index (Phi) is 7.31. The molecule has 1 unspecified atom stereocenters. The van der Waals surface area contributed by atoms with Gasteiger partial charge in [0.25, 0.3) is 0 Å². The number of aliphatic imine (C=N–C) groups is 1. The fraction of sp³-hybridized carbons (Fsp3) is 0.500. The van der Waals surface area contributed by atoms with E-state index in [0.29, 0.717) is 18.8 Å². The number of rotatable bonds is 10. The van der Waals surface area contributed by atoms with Crippen molar-refractivity contribution in [2.24, 2.45) is 4.99 Å². The average Bonchev–Trinajstić information content (AvgIpc) is 3.30. The van der Waals surface area contributed by atoms with Crippen molar-refractivity contribution in [1.29, 1.82) is 0 Å². The quantitative estimate of drug-likeness (QED) is 0.268. The molecular weight excluding hydrogens is 386 g/mol. The van der Waals surface area contributed by atoms with Gasteiger partial charge in [-0.05, 0) is 30.6 Å². The normalized spacial score (nSPS) is 17.0. The predicted molar refractivity (Wildman–Crippen MR) is 113 cm³/mol. The standard InChI is InChI=1S/C18H25N3O4S2/c1-22-18(23-2)15-10-20-17(27-15)14-8-11-7-12(9-13(19)16(11)21-14)25-5-4-6-26-24-3/h7-9,15,18,21H,4-6,10,19H2,1-3H3. The van der Waals surface area contributed by atoms with Crippen molar-refractivity contribution in [3.63, 3.8) is 0 Å². The molecule has 7 nitrogen and oxygen atoms in total. The lowest BCUT2D eigenvalue weighted by Gasteiger charge is -2.18. The number of benzene rings is 1. The molecule has 1 atom stereocenters. The Bertz CT molecular complexity index is 792. The second kappa shape index (κ2) is 9.70. The summed E-state index contributed by atoms with van der Waals surface area (Å²) in [6.07, 6.45) is 0.631. The predicted octanol–water partition coefficient (Wildman–Crippen LogP) is 3.29. The van der Waals surface area contributed by atoms with E-state index in [0.717, 1.165) is 39.6 Å². The lowest BCUT2D eigenvalue weighted by molar-refractivity contribution is -0.0994. The third-order valence-corrected chi connectivity index (χ3v) is 6.10. The summed E-state index contributed by atoms with van der Waals surface area (Å²) in [5, 5.41) is 2.09. The van der Waals surface area contributed by atoms with Crippen molar-refractivity contribution >= 4 is 45.4 Å². The molecule has 3 N–H and O–H groups in total. The number of nitrogens with two attached hydrogens (primary N) is 1. The number of hydrogen-bond acceptors (Lipinski definition) is 8. The molecule has 1 aromatic carbocycles. The highest BCUT2D eigenvalue weighted by molar-refractivity contribution is 8.15. The summed E-state index contributed by atoms with van der Waals surface area (Å²) in [5.74, 6) is 1.66. The minimum atomic E-state index is -0.276. The number of fused-ring (bicyclic) bond motifs is 1. The monoisotopic (exact) mass is 411 g/mol. The van der Waals surface area contributed by atoms with Gasteiger partial charge >= 0.3 is 0 Å². The van der Waals surface area contributed by atoms with E-state index in [9.17, 15) is 0 Å². The van der Waals surface area contributed by atoms with Crippen LogP contribution in [0.5, 0.6) is 5.75 Å². The number of H-pyrrole nitrogens is 1. The summed E-state index contributed by atoms with van der Waals surface area (Å²) in [6, 6.07) is 5.91. The van der Waals surface area contributed by atoms with Gasteiger partial charge in [0.15, 0.2) is 6.29 Å². The molecule has 0 amide bonds. The zero-order chi connectivity index (χ0) is 19.2. The van der Waals surface area contributed by atoms with Crippen LogP contribution in [0.25, 0.3) is 10.9 Å². The van der Waals surface area contributed by atoms with Crippen LogP contribution in [0.4, 0.5) is 5.69 Å². The smallest absolute Gasteiger partial charge is 0.170 e. The van der Waals surface area contributed by atoms with E-state index in [1.165, 1.54) is 12.0 Å². The molecule has 0 fully saturated rings. The molecule has 1 aliphatic heterocycles. The van der Waals surface area contributed by atoms with Crippen LogP contribution in [0.15, 0.2) is 23.2 Å². The number of anilines is 1. The summed E-state index contributed by atoms with van der Waals surface area (Å²) in [5.41, 5.74) is 8.72. The van der Waals surface area contributed by atoms with Gasteiger partial charge in [-0.3, -0.25) is 4.99 Å².